The van der Waals surface area contributed by atoms with Gasteiger partial charge in [-0.2, -0.15) is 13.2 Å². The van der Waals surface area contributed by atoms with Crippen molar-refractivity contribution in [3.8, 4) is 0 Å². The second kappa shape index (κ2) is 6.25. The fourth-order valence-electron chi connectivity index (χ4n) is 1.89. The van der Waals surface area contributed by atoms with Crippen molar-refractivity contribution in [2.75, 3.05) is 0 Å². The highest BCUT2D eigenvalue weighted by Crippen LogP contribution is 2.28. The molecule has 0 spiro atoms. The molecule has 0 aromatic heterocycles. The molecule has 0 aromatic rings. The molecule has 0 fully saturated rings. The van der Waals surface area contributed by atoms with E-state index in [1.165, 1.54) is 13.8 Å². The van der Waals surface area contributed by atoms with E-state index < -0.39 is 35.9 Å². The molecule has 0 aliphatic heterocycles. The van der Waals surface area contributed by atoms with E-state index in [0.29, 0.717) is 6.42 Å². The smallest absolute Gasteiger partial charge is 0.409 e. The topological polar surface area (TPSA) is 66.4 Å². The van der Waals surface area contributed by atoms with Crippen LogP contribution in [0.4, 0.5) is 13.2 Å². The third-order valence-corrected chi connectivity index (χ3v) is 2.61. The highest BCUT2D eigenvalue weighted by Gasteiger charge is 2.44. The zero-order valence-corrected chi connectivity index (χ0v) is 11.5. The summed E-state index contributed by atoms with van der Waals surface area (Å²) in [5, 5.41) is 10.2. The zero-order chi connectivity index (χ0) is 15.4. The van der Waals surface area contributed by atoms with Crippen LogP contribution in [0.15, 0.2) is 0 Å². The Hall–Kier alpha value is -1.27. The standard InChI is InChI=1S/C12H20F3NO3/c1-7(2)6-11(3,4)10(19)16-8(5-9(17)18)12(13,14)15/h7-8H,5-6H2,1-4H3,(H,16,19)(H,17,18). The van der Waals surface area contributed by atoms with Crippen LogP contribution in [0.3, 0.4) is 0 Å². The summed E-state index contributed by atoms with van der Waals surface area (Å²) in [5.41, 5.74) is -0.976. The lowest BCUT2D eigenvalue weighted by Crippen LogP contribution is -2.50. The Morgan fingerprint density at radius 2 is 1.68 bits per heavy atom. The van der Waals surface area contributed by atoms with Crippen molar-refractivity contribution in [2.45, 2.75) is 52.8 Å². The molecular weight excluding hydrogens is 263 g/mol. The number of alkyl halides is 3. The number of carboxylic acids is 1. The number of carbonyl (C=O) groups is 2. The van der Waals surface area contributed by atoms with Crippen LogP contribution in [0, 0.1) is 11.3 Å². The summed E-state index contributed by atoms with van der Waals surface area (Å²) >= 11 is 0. The Morgan fingerprint density at radius 3 is 2.00 bits per heavy atom. The zero-order valence-electron chi connectivity index (χ0n) is 11.5. The maximum absolute atomic E-state index is 12.6. The van der Waals surface area contributed by atoms with Crippen molar-refractivity contribution >= 4 is 11.9 Å². The Bertz CT molecular complexity index is 338. The van der Waals surface area contributed by atoms with Crippen molar-refractivity contribution in [1.82, 2.24) is 5.32 Å². The Kier molecular flexibility index (Phi) is 5.83. The van der Waals surface area contributed by atoms with Gasteiger partial charge in [-0.25, -0.2) is 0 Å². The summed E-state index contributed by atoms with van der Waals surface area (Å²) in [7, 11) is 0. The van der Waals surface area contributed by atoms with E-state index in [9.17, 15) is 22.8 Å². The van der Waals surface area contributed by atoms with Crippen molar-refractivity contribution in [2.24, 2.45) is 11.3 Å². The number of nitrogens with one attached hydrogen (secondary N) is 1. The Balaban J connectivity index is 4.85. The van der Waals surface area contributed by atoms with E-state index in [-0.39, 0.29) is 5.92 Å². The van der Waals surface area contributed by atoms with Crippen LogP contribution in [0.1, 0.15) is 40.5 Å². The molecule has 0 heterocycles. The lowest BCUT2D eigenvalue weighted by Gasteiger charge is -2.29. The molecule has 19 heavy (non-hydrogen) atoms. The van der Waals surface area contributed by atoms with Gasteiger partial charge in [0.2, 0.25) is 5.91 Å². The summed E-state index contributed by atoms with van der Waals surface area (Å²) < 4.78 is 37.8. The highest BCUT2D eigenvalue weighted by molar-refractivity contribution is 5.82. The van der Waals surface area contributed by atoms with Gasteiger partial charge in [-0.05, 0) is 12.3 Å². The predicted molar refractivity (Wildman–Crippen MR) is 63.5 cm³/mol. The molecule has 0 radical (unpaired) electrons. The van der Waals surface area contributed by atoms with Crippen molar-refractivity contribution in [1.29, 1.82) is 0 Å². The third kappa shape index (κ3) is 6.45. The molecule has 0 aliphatic carbocycles. The molecule has 2 N–H and O–H groups in total. The number of carbonyl (C=O) groups excluding carboxylic acids is 1. The first-order valence-electron chi connectivity index (χ1n) is 5.95. The van der Waals surface area contributed by atoms with Gasteiger partial charge in [0.25, 0.3) is 0 Å². The van der Waals surface area contributed by atoms with E-state index in [0.717, 1.165) is 0 Å². The number of halogens is 3. The number of carboxylic acid groups (broad SMARTS) is 1. The third-order valence-electron chi connectivity index (χ3n) is 2.61. The Labute approximate surface area is 110 Å². The first-order chi connectivity index (χ1) is 8.36. The largest absolute Gasteiger partial charge is 0.481 e. The fraction of sp³-hybridized carbons (Fsp3) is 0.833. The van der Waals surface area contributed by atoms with Gasteiger partial charge in [0.05, 0.1) is 6.42 Å². The number of rotatable bonds is 6. The first kappa shape index (κ1) is 17.7. The normalized spacial score (nSPS) is 14.3. The first-order valence-corrected chi connectivity index (χ1v) is 5.95. The maximum Gasteiger partial charge on any atom is 0.409 e. The van der Waals surface area contributed by atoms with Gasteiger partial charge in [-0.1, -0.05) is 27.7 Å². The van der Waals surface area contributed by atoms with Crippen LogP contribution >= 0.6 is 0 Å². The van der Waals surface area contributed by atoms with Crippen LogP contribution in [-0.4, -0.2) is 29.2 Å². The van der Waals surface area contributed by atoms with Gasteiger partial charge in [0.15, 0.2) is 0 Å². The molecule has 0 saturated carbocycles. The van der Waals surface area contributed by atoms with Crippen LogP contribution in [0.2, 0.25) is 0 Å². The second-order valence-corrected chi connectivity index (χ2v) is 5.65. The maximum atomic E-state index is 12.6. The molecule has 0 rings (SSSR count). The van der Waals surface area contributed by atoms with Gasteiger partial charge in [0, 0.05) is 5.41 Å². The van der Waals surface area contributed by atoms with E-state index in [4.69, 9.17) is 5.11 Å². The lowest BCUT2D eigenvalue weighted by molar-refractivity contribution is -0.172. The quantitative estimate of drug-likeness (QED) is 0.787. The summed E-state index contributed by atoms with van der Waals surface area (Å²) in [4.78, 5) is 22.2. The minimum atomic E-state index is -4.78. The lowest BCUT2D eigenvalue weighted by atomic mass is 9.83. The fourth-order valence-corrected chi connectivity index (χ4v) is 1.89. The van der Waals surface area contributed by atoms with E-state index >= 15 is 0 Å². The SMILES string of the molecule is CC(C)CC(C)(C)C(=O)NC(CC(=O)O)C(F)(F)F. The number of amides is 1. The molecule has 0 bridgehead atoms. The van der Waals surface area contributed by atoms with E-state index in [1.54, 1.807) is 5.32 Å². The average Bonchev–Trinajstić information content (AvgIpc) is 2.11. The summed E-state index contributed by atoms with van der Waals surface area (Å²) in [6, 6.07) is -2.36. The molecule has 1 amide bonds. The molecule has 0 aliphatic rings. The predicted octanol–water partition coefficient (Wildman–Crippen LogP) is 2.58. The number of aliphatic carboxylic acids is 1. The van der Waals surface area contributed by atoms with Gasteiger partial charge in [-0.3, -0.25) is 9.59 Å². The van der Waals surface area contributed by atoms with Gasteiger partial charge in [0.1, 0.15) is 6.04 Å². The van der Waals surface area contributed by atoms with Crippen molar-refractivity contribution in [3.63, 3.8) is 0 Å². The number of hydrogen-bond acceptors (Lipinski definition) is 2. The monoisotopic (exact) mass is 283 g/mol. The number of hydrogen-bond donors (Lipinski definition) is 2. The molecule has 1 unspecified atom stereocenters. The summed E-state index contributed by atoms with van der Waals surface area (Å²) in [6.07, 6.45) is -5.54. The molecular formula is C12H20F3NO3. The van der Waals surface area contributed by atoms with Crippen molar-refractivity contribution < 1.29 is 27.9 Å². The molecule has 1 atom stereocenters. The van der Waals surface area contributed by atoms with Gasteiger partial charge in [-0.15, -0.1) is 0 Å². The van der Waals surface area contributed by atoms with E-state index in [2.05, 4.69) is 0 Å². The average molecular weight is 283 g/mol. The molecule has 0 aromatic carbocycles. The minimum absolute atomic E-state index is 0.143. The molecule has 112 valence electrons. The van der Waals surface area contributed by atoms with E-state index in [1.807, 2.05) is 13.8 Å². The molecule has 7 heteroatoms. The molecule has 4 nitrogen and oxygen atoms in total. The van der Waals surface area contributed by atoms with Crippen molar-refractivity contribution in [3.05, 3.63) is 0 Å². The minimum Gasteiger partial charge on any atom is -0.481 e. The summed E-state index contributed by atoms with van der Waals surface area (Å²) in [6.45, 7) is 6.79. The van der Waals surface area contributed by atoms with Crippen LogP contribution < -0.4 is 5.32 Å². The van der Waals surface area contributed by atoms with Crippen LogP contribution in [-0.2, 0) is 9.59 Å². The Morgan fingerprint density at radius 1 is 1.21 bits per heavy atom. The highest BCUT2D eigenvalue weighted by atomic mass is 19.4. The van der Waals surface area contributed by atoms with Gasteiger partial charge >= 0.3 is 12.1 Å². The van der Waals surface area contributed by atoms with Crippen LogP contribution in [0.25, 0.3) is 0 Å². The van der Waals surface area contributed by atoms with Gasteiger partial charge < -0.3 is 10.4 Å². The molecule has 0 saturated heterocycles. The summed E-state index contributed by atoms with van der Waals surface area (Å²) in [5.74, 6) is -2.25. The van der Waals surface area contributed by atoms with Crippen LogP contribution in [0.5, 0.6) is 0 Å². The second-order valence-electron chi connectivity index (χ2n) is 5.65.